The Labute approximate surface area is 95.3 Å². The molecule has 1 rings (SSSR count). The Morgan fingerprint density at radius 3 is 2.88 bits per heavy atom. The Kier molecular flexibility index (Phi) is 4.76. The van der Waals surface area contributed by atoms with Gasteiger partial charge in [-0.05, 0) is 19.4 Å². The van der Waals surface area contributed by atoms with Gasteiger partial charge in [0.25, 0.3) is 5.56 Å². The molecule has 0 aliphatic heterocycles. The molecule has 0 bridgehead atoms. The van der Waals surface area contributed by atoms with Crippen molar-refractivity contribution in [2.45, 2.75) is 39.3 Å². The van der Waals surface area contributed by atoms with E-state index in [4.69, 9.17) is 0 Å². The van der Waals surface area contributed by atoms with Gasteiger partial charge in [-0.15, -0.1) is 0 Å². The zero-order chi connectivity index (χ0) is 12.0. The van der Waals surface area contributed by atoms with Gasteiger partial charge >= 0.3 is 0 Å². The Balaban J connectivity index is 2.52. The molecule has 1 atom stereocenters. The summed E-state index contributed by atoms with van der Waals surface area (Å²) in [4.78, 5) is 22.9. The monoisotopic (exact) mass is 222 g/mol. The van der Waals surface area contributed by atoms with Crippen LogP contribution in [0, 0.1) is 0 Å². The van der Waals surface area contributed by atoms with Crippen LogP contribution in [0.3, 0.4) is 0 Å². The average molecular weight is 222 g/mol. The minimum atomic E-state index is -0.152. The van der Waals surface area contributed by atoms with Gasteiger partial charge in [-0.3, -0.25) is 9.59 Å². The van der Waals surface area contributed by atoms with E-state index in [0.29, 0.717) is 0 Å². The van der Waals surface area contributed by atoms with E-state index in [9.17, 15) is 9.59 Å². The molecule has 1 heterocycles. The molecule has 4 heteroatoms. The largest absolute Gasteiger partial charge is 0.352 e. The van der Waals surface area contributed by atoms with Gasteiger partial charge in [0, 0.05) is 18.3 Å². The summed E-state index contributed by atoms with van der Waals surface area (Å²) in [6, 6.07) is 5.01. The SMILES string of the molecule is CCC[C@@H](C)NC(=O)Cn1ccccc1=O. The van der Waals surface area contributed by atoms with E-state index in [-0.39, 0.29) is 24.1 Å². The van der Waals surface area contributed by atoms with E-state index >= 15 is 0 Å². The van der Waals surface area contributed by atoms with Gasteiger partial charge in [0.2, 0.25) is 5.91 Å². The molecule has 0 spiro atoms. The molecule has 1 N–H and O–H groups in total. The molecule has 0 aliphatic rings. The van der Waals surface area contributed by atoms with Crippen LogP contribution in [0.2, 0.25) is 0 Å². The summed E-state index contributed by atoms with van der Waals surface area (Å²) in [5, 5.41) is 2.86. The second-order valence-electron chi connectivity index (χ2n) is 3.92. The first kappa shape index (κ1) is 12.5. The van der Waals surface area contributed by atoms with Gasteiger partial charge in [0.15, 0.2) is 0 Å². The molecular formula is C12H18N2O2. The quantitative estimate of drug-likeness (QED) is 0.812. The van der Waals surface area contributed by atoms with Crippen molar-refractivity contribution in [3.05, 3.63) is 34.7 Å². The zero-order valence-electron chi connectivity index (χ0n) is 9.77. The molecular weight excluding hydrogens is 204 g/mol. The van der Waals surface area contributed by atoms with Crippen molar-refractivity contribution < 1.29 is 4.79 Å². The van der Waals surface area contributed by atoms with E-state index in [1.807, 2.05) is 6.92 Å². The molecule has 0 radical (unpaired) electrons. The molecule has 0 saturated carbocycles. The normalized spacial score (nSPS) is 12.1. The maximum Gasteiger partial charge on any atom is 0.250 e. The number of pyridine rings is 1. The molecule has 1 aromatic rings. The summed E-state index contributed by atoms with van der Waals surface area (Å²) >= 11 is 0. The van der Waals surface area contributed by atoms with Gasteiger partial charge < -0.3 is 9.88 Å². The fourth-order valence-corrected chi connectivity index (χ4v) is 1.57. The predicted molar refractivity (Wildman–Crippen MR) is 63.2 cm³/mol. The van der Waals surface area contributed by atoms with Crippen molar-refractivity contribution in [2.24, 2.45) is 0 Å². The molecule has 16 heavy (non-hydrogen) atoms. The van der Waals surface area contributed by atoms with Crippen LogP contribution >= 0.6 is 0 Å². The van der Waals surface area contributed by atoms with Gasteiger partial charge in [0.1, 0.15) is 6.54 Å². The Morgan fingerprint density at radius 1 is 1.50 bits per heavy atom. The van der Waals surface area contributed by atoms with Crippen molar-refractivity contribution in [1.29, 1.82) is 0 Å². The van der Waals surface area contributed by atoms with Crippen molar-refractivity contribution in [1.82, 2.24) is 9.88 Å². The molecule has 88 valence electrons. The van der Waals surface area contributed by atoms with Crippen molar-refractivity contribution in [3.63, 3.8) is 0 Å². The van der Waals surface area contributed by atoms with Gasteiger partial charge in [-0.1, -0.05) is 19.4 Å². The predicted octanol–water partition coefficient (Wildman–Crippen LogP) is 1.15. The van der Waals surface area contributed by atoms with Crippen LogP contribution in [0.5, 0.6) is 0 Å². The Hall–Kier alpha value is -1.58. The maximum absolute atomic E-state index is 11.6. The van der Waals surface area contributed by atoms with Crippen LogP contribution in [-0.2, 0) is 11.3 Å². The summed E-state index contributed by atoms with van der Waals surface area (Å²) in [5.41, 5.74) is -0.152. The fraction of sp³-hybridized carbons (Fsp3) is 0.500. The number of aromatic nitrogens is 1. The second kappa shape index (κ2) is 6.10. The summed E-state index contributed by atoms with van der Waals surface area (Å²) < 4.78 is 1.40. The highest BCUT2D eigenvalue weighted by Crippen LogP contribution is 1.94. The number of amides is 1. The third kappa shape index (κ3) is 3.88. The van der Waals surface area contributed by atoms with Gasteiger partial charge in [-0.25, -0.2) is 0 Å². The van der Waals surface area contributed by atoms with E-state index < -0.39 is 0 Å². The van der Waals surface area contributed by atoms with Crippen LogP contribution in [0.15, 0.2) is 29.2 Å². The first-order valence-electron chi connectivity index (χ1n) is 5.58. The lowest BCUT2D eigenvalue weighted by Gasteiger charge is -2.13. The number of carbonyl (C=O) groups is 1. The van der Waals surface area contributed by atoms with E-state index in [2.05, 4.69) is 12.2 Å². The zero-order valence-corrected chi connectivity index (χ0v) is 9.77. The third-order valence-corrected chi connectivity index (χ3v) is 2.34. The molecule has 0 saturated heterocycles. The standard InChI is InChI=1S/C12H18N2O2/c1-3-6-10(2)13-11(15)9-14-8-5-4-7-12(14)16/h4-5,7-8,10H,3,6,9H2,1-2H3,(H,13,15)/t10-/m1/s1. The summed E-state index contributed by atoms with van der Waals surface area (Å²) in [6.07, 6.45) is 3.61. The third-order valence-electron chi connectivity index (χ3n) is 2.34. The van der Waals surface area contributed by atoms with E-state index in [0.717, 1.165) is 12.8 Å². The van der Waals surface area contributed by atoms with Crippen LogP contribution in [0.25, 0.3) is 0 Å². The molecule has 4 nitrogen and oxygen atoms in total. The van der Waals surface area contributed by atoms with E-state index in [1.165, 1.54) is 10.6 Å². The second-order valence-corrected chi connectivity index (χ2v) is 3.92. The van der Waals surface area contributed by atoms with Crippen molar-refractivity contribution in [3.8, 4) is 0 Å². The molecule has 0 aromatic carbocycles. The number of rotatable bonds is 5. The molecule has 1 amide bonds. The highest BCUT2D eigenvalue weighted by Gasteiger charge is 2.07. The maximum atomic E-state index is 11.6. The first-order chi connectivity index (χ1) is 7.63. The smallest absolute Gasteiger partial charge is 0.250 e. The lowest BCUT2D eigenvalue weighted by Crippen LogP contribution is -2.37. The van der Waals surface area contributed by atoms with Gasteiger partial charge in [-0.2, -0.15) is 0 Å². The molecule has 0 aliphatic carbocycles. The van der Waals surface area contributed by atoms with Crippen LogP contribution in [0.4, 0.5) is 0 Å². The van der Waals surface area contributed by atoms with Crippen molar-refractivity contribution in [2.75, 3.05) is 0 Å². The number of carbonyl (C=O) groups excluding carboxylic acids is 1. The first-order valence-corrected chi connectivity index (χ1v) is 5.58. The molecule has 0 fully saturated rings. The topological polar surface area (TPSA) is 51.1 Å². The van der Waals surface area contributed by atoms with E-state index in [1.54, 1.807) is 18.3 Å². The molecule has 1 aromatic heterocycles. The highest BCUT2D eigenvalue weighted by molar-refractivity contribution is 5.75. The fourth-order valence-electron chi connectivity index (χ4n) is 1.57. The van der Waals surface area contributed by atoms with Crippen LogP contribution in [0.1, 0.15) is 26.7 Å². The number of nitrogens with zero attached hydrogens (tertiary/aromatic N) is 1. The number of hydrogen-bond donors (Lipinski definition) is 1. The molecule has 0 unspecified atom stereocenters. The minimum Gasteiger partial charge on any atom is -0.352 e. The minimum absolute atomic E-state index is 0.0910. The van der Waals surface area contributed by atoms with Gasteiger partial charge in [0.05, 0.1) is 0 Å². The lowest BCUT2D eigenvalue weighted by atomic mass is 10.2. The number of hydrogen-bond acceptors (Lipinski definition) is 2. The lowest BCUT2D eigenvalue weighted by molar-refractivity contribution is -0.122. The van der Waals surface area contributed by atoms with Crippen LogP contribution < -0.4 is 10.9 Å². The Morgan fingerprint density at radius 2 is 2.25 bits per heavy atom. The summed E-state index contributed by atoms with van der Waals surface area (Å²) in [6.45, 7) is 4.13. The van der Waals surface area contributed by atoms with Crippen LogP contribution in [-0.4, -0.2) is 16.5 Å². The Bertz CT molecular complexity index is 398. The highest BCUT2D eigenvalue weighted by atomic mass is 16.2. The summed E-state index contributed by atoms with van der Waals surface area (Å²) in [7, 11) is 0. The number of nitrogens with one attached hydrogen (secondary N) is 1. The average Bonchev–Trinajstić information content (AvgIpc) is 2.21. The summed E-state index contributed by atoms with van der Waals surface area (Å²) in [5.74, 6) is -0.116. The van der Waals surface area contributed by atoms with Crippen molar-refractivity contribution >= 4 is 5.91 Å².